The van der Waals surface area contributed by atoms with Crippen LogP contribution in [0.15, 0.2) is 30.5 Å². The number of aryl methyl sites for hydroxylation is 2. The molecule has 23 heavy (non-hydrogen) atoms. The van der Waals surface area contributed by atoms with Crippen LogP contribution >= 0.6 is 0 Å². The van der Waals surface area contributed by atoms with E-state index >= 15 is 0 Å². The minimum Gasteiger partial charge on any atom is -0.490 e. The molecule has 0 saturated carbocycles. The summed E-state index contributed by atoms with van der Waals surface area (Å²) in [7, 11) is 1.93. The summed E-state index contributed by atoms with van der Waals surface area (Å²) in [5.74, 6) is 0.105. The second-order valence-electron chi connectivity index (χ2n) is 6.33. The lowest BCUT2D eigenvalue weighted by Crippen LogP contribution is -2.39. The number of aliphatic hydroxyl groups is 1. The van der Waals surface area contributed by atoms with Crippen LogP contribution in [0.5, 0.6) is 5.75 Å². The van der Waals surface area contributed by atoms with Gasteiger partial charge in [-0.2, -0.15) is 5.10 Å². The van der Waals surface area contributed by atoms with E-state index in [1.54, 1.807) is 12.1 Å². The smallest absolute Gasteiger partial charge is 0.126 e. The molecule has 0 amide bonds. The molecule has 1 fully saturated rings. The SMILES string of the molecule is Cc1cnn(C)c1CN1CC[C@](O)(COc2cccc(F)c2)C1. The lowest BCUT2D eigenvalue weighted by atomic mass is 10.1. The summed E-state index contributed by atoms with van der Waals surface area (Å²) >= 11 is 0. The number of aromatic nitrogens is 2. The van der Waals surface area contributed by atoms with Crippen LogP contribution in [0.3, 0.4) is 0 Å². The first-order valence-electron chi connectivity index (χ1n) is 7.76. The van der Waals surface area contributed by atoms with E-state index in [0.717, 1.165) is 24.3 Å². The van der Waals surface area contributed by atoms with Crippen molar-refractivity contribution >= 4 is 0 Å². The van der Waals surface area contributed by atoms with Crippen LogP contribution in [0.2, 0.25) is 0 Å². The number of β-amino-alcohol motifs (C(OH)–C–C–N with tert-alkyl or cyclic N) is 1. The molecule has 6 heteroatoms. The normalized spacial score (nSPS) is 21.7. The van der Waals surface area contributed by atoms with Crippen molar-refractivity contribution in [3.63, 3.8) is 0 Å². The van der Waals surface area contributed by atoms with Crippen molar-refractivity contribution in [2.45, 2.75) is 25.5 Å². The summed E-state index contributed by atoms with van der Waals surface area (Å²) in [6.45, 7) is 4.29. The maximum atomic E-state index is 13.2. The number of likely N-dealkylation sites (tertiary alicyclic amines) is 1. The molecule has 5 nitrogen and oxygen atoms in total. The topological polar surface area (TPSA) is 50.5 Å². The molecule has 1 aliphatic heterocycles. The Morgan fingerprint density at radius 2 is 2.26 bits per heavy atom. The first-order chi connectivity index (χ1) is 11.0. The average molecular weight is 319 g/mol. The molecule has 2 aromatic rings. The van der Waals surface area contributed by atoms with E-state index in [1.165, 1.54) is 12.1 Å². The highest BCUT2D eigenvalue weighted by Crippen LogP contribution is 2.25. The van der Waals surface area contributed by atoms with Gasteiger partial charge in [0.2, 0.25) is 0 Å². The standard InChI is InChI=1S/C17H22FN3O2/c1-13-9-19-20(2)16(13)10-21-7-6-17(22,11-21)12-23-15-5-3-4-14(18)8-15/h3-5,8-9,22H,6-7,10-12H2,1-2H3/t17-/m1/s1. The second kappa shape index (κ2) is 6.29. The first-order valence-corrected chi connectivity index (χ1v) is 7.76. The van der Waals surface area contributed by atoms with E-state index in [-0.39, 0.29) is 12.4 Å². The van der Waals surface area contributed by atoms with E-state index < -0.39 is 5.60 Å². The molecular weight excluding hydrogens is 297 g/mol. The van der Waals surface area contributed by atoms with Crippen molar-refractivity contribution in [3.8, 4) is 5.75 Å². The molecule has 1 aliphatic rings. The zero-order chi connectivity index (χ0) is 16.4. The lowest BCUT2D eigenvalue weighted by molar-refractivity contribution is 0.00312. The number of halogens is 1. The number of hydrogen-bond acceptors (Lipinski definition) is 4. The fourth-order valence-electron chi connectivity index (χ4n) is 2.98. The van der Waals surface area contributed by atoms with Gasteiger partial charge in [0.15, 0.2) is 0 Å². The van der Waals surface area contributed by atoms with Crippen LogP contribution in [0.4, 0.5) is 4.39 Å². The van der Waals surface area contributed by atoms with Gasteiger partial charge in [0.1, 0.15) is 23.8 Å². The van der Waals surface area contributed by atoms with E-state index in [2.05, 4.69) is 10.00 Å². The van der Waals surface area contributed by atoms with Crippen LogP contribution in [-0.2, 0) is 13.6 Å². The first kappa shape index (κ1) is 16.0. The minimum absolute atomic E-state index is 0.164. The molecule has 1 aromatic carbocycles. The van der Waals surface area contributed by atoms with Crippen LogP contribution < -0.4 is 4.74 Å². The third-order valence-electron chi connectivity index (χ3n) is 4.36. The van der Waals surface area contributed by atoms with Crippen molar-refractivity contribution in [1.82, 2.24) is 14.7 Å². The van der Waals surface area contributed by atoms with Crippen LogP contribution in [0.25, 0.3) is 0 Å². The van der Waals surface area contributed by atoms with Gasteiger partial charge in [-0.15, -0.1) is 0 Å². The van der Waals surface area contributed by atoms with E-state index in [9.17, 15) is 9.50 Å². The minimum atomic E-state index is -0.904. The number of nitrogens with zero attached hydrogens (tertiary/aromatic N) is 3. The average Bonchev–Trinajstić information content (AvgIpc) is 3.04. The van der Waals surface area contributed by atoms with Crippen molar-refractivity contribution in [2.24, 2.45) is 7.05 Å². The van der Waals surface area contributed by atoms with Gasteiger partial charge in [0, 0.05) is 32.7 Å². The van der Waals surface area contributed by atoms with E-state index in [4.69, 9.17) is 4.74 Å². The largest absolute Gasteiger partial charge is 0.490 e. The number of benzene rings is 1. The van der Waals surface area contributed by atoms with Crippen molar-refractivity contribution in [3.05, 3.63) is 47.5 Å². The summed E-state index contributed by atoms with van der Waals surface area (Å²) in [5, 5.41) is 14.9. The van der Waals surface area contributed by atoms with Gasteiger partial charge in [0.25, 0.3) is 0 Å². The molecule has 0 unspecified atom stereocenters. The molecule has 1 saturated heterocycles. The lowest BCUT2D eigenvalue weighted by Gasteiger charge is -2.24. The Morgan fingerprint density at radius 1 is 1.43 bits per heavy atom. The predicted octanol–water partition coefficient (Wildman–Crippen LogP) is 1.88. The second-order valence-corrected chi connectivity index (χ2v) is 6.33. The Bertz CT molecular complexity index is 669. The number of rotatable bonds is 5. The van der Waals surface area contributed by atoms with Gasteiger partial charge in [-0.3, -0.25) is 9.58 Å². The summed E-state index contributed by atoms with van der Waals surface area (Å²) in [6, 6.07) is 5.99. The number of ether oxygens (including phenoxy) is 1. The highest BCUT2D eigenvalue weighted by molar-refractivity contribution is 5.22. The molecule has 0 aliphatic carbocycles. The zero-order valence-corrected chi connectivity index (χ0v) is 13.5. The molecule has 1 aromatic heterocycles. The number of hydrogen-bond donors (Lipinski definition) is 1. The Kier molecular flexibility index (Phi) is 4.37. The summed E-state index contributed by atoms with van der Waals surface area (Å²) < 4.78 is 20.6. The Morgan fingerprint density at radius 3 is 2.96 bits per heavy atom. The van der Waals surface area contributed by atoms with Gasteiger partial charge in [0.05, 0.1) is 11.9 Å². The maximum Gasteiger partial charge on any atom is 0.126 e. The fraction of sp³-hybridized carbons (Fsp3) is 0.471. The third kappa shape index (κ3) is 3.71. The quantitative estimate of drug-likeness (QED) is 0.914. The Hall–Kier alpha value is -1.92. The van der Waals surface area contributed by atoms with Crippen LogP contribution in [0.1, 0.15) is 17.7 Å². The molecular formula is C17H22FN3O2. The van der Waals surface area contributed by atoms with Crippen molar-refractivity contribution in [2.75, 3.05) is 19.7 Å². The van der Waals surface area contributed by atoms with Crippen molar-refractivity contribution in [1.29, 1.82) is 0 Å². The monoisotopic (exact) mass is 319 g/mol. The molecule has 3 rings (SSSR count). The summed E-state index contributed by atoms with van der Waals surface area (Å²) in [4.78, 5) is 2.19. The highest BCUT2D eigenvalue weighted by Gasteiger charge is 2.37. The van der Waals surface area contributed by atoms with Gasteiger partial charge in [-0.1, -0.05) is 6.07 Å². The molecule has 1 N–H and O–H groups in total. The third-order valence-corrected chi connectivity index (χ3v) is 4.36. The van der Waals surface area contributed by atoms with Crippen LogP contribution in [0, 0.1) is 12.7 Å². The van der Waals surface area contributed by atoms with Gasteiger partial charge < -0.3 is 9.84 Å². The molecule has 0 bridgehead atoms. The molecule has 124 valence electrons. The summed E-state index contributed by atoms with van der Waals surface area (Å²) in [5.41, 5.74) is 1.40. The fourth-order valence-corrected chi connectivity index (χ4v) is 2.98. The molecule has 0 spiro atoms. The predicted molar refractivity (Wildman–Crippen MR) is 84.7 cm³/mol. The van der Waals surface area contributed by atoms with Gasteiger partial charge >= 0.3 is 0 Å². The Balaban J connectivity index is 1.57. The van der Waals surface area contributed by atoms with E-state index in [1.807, 2.05) is 24.9 Å². The summed E-state index contributed by atoms with van der Waals surface area (Å²) in [6.07, 6.45) is 2.49. The maximum absolute atomic E-state index is 13.2. The highest BCUT2D eigenvalue weighted by atomic mass is 19.1. The zero-order valence-electron chi connectivity index (χ0n) is 13.5. The molecule has 0 radical (unpaired) electrons. The van der Waals surface area contributed by atoms with Crippen molar-refractivity contribution < 1.29 is 14.2 Å². The van der Waals surface area contributed by atoms with Gasteiger partial charge in [-0.25, -0.2) is 4.39 Å². The van der Waals surface area contributed by atoms with E-state index in [0.29, 0.717) is 18.7 Å². The Labute approximate surface area is 135 Å². The molecule has 1 atom stereocenters. The van der Waals surface area contributed by atoms with Gasteiger partial charge in [-0.05, 0) is 31.0 Å². The molecule has 2 heterocycles. The van der Waals surface area contributed by atoms with Crippen LogP contribution in [-0.4, -0.2) is 45.1 Å².